The van der Waals surface area contributed by atoms with Gasteiger partial charge in [0, 0.05) is 44.9 Å². The molecule has 1 aromatic heterocycles. The second-order valence-corrected chi connectivity index (χ2v) is 8.21. The molecule has 0 radical (unpaired) electrons. The van der Waals surface area contributed by atoms with Crippen molar-refractivity contribution in [3.05, 3.63) is 47.1 Å². The second kappa shape index (κ2) is 10.5. The molecule has 0 saturated carbocycles. The van der Waals surface area contributed by atoms with E-state index in [1.165, 1.54) is 0 Å². The summed E-state index contributed by atoms with van der Waals surface area (Å²) < 4.78 is 16.7. The van der Waals surface area contributed by atoms with Gasteiger partial charge in [-0.3, -0.25) is 4.79 Å². The molecule has 164 valence electrons. The van der Waals surface area contributed by atoms with Gasteiger partial charge in [0.25, 0.3) is 5.91 Å². The van der Waals surface area contributed by atoms with Crippen molar-refractivity contribution in [3.63, 3.8) is 0 Å². The van der Waals surface area contributed by atoms with E-state index in [1.807, 2.05) is 4.90 Å². The number of amides is 1. The lowest BCUT2D eigenvalue weighted by atomic mass is 9.97. The molecule has 0 bridgehead atoms. The summed E-state index contributed by atoms with van der Waals surface area (Å²) in [5, 5.41) is 13.0. The van der Waals surface area contributed by atoms with E-state index < -0.39 is 0 Å². The van der Waals surface area contributed by atoms with Gasteiger partial charge in [0.05, 0.1) is 24.2 Å². The van der Waals surface area contributed by atoms with Crippen LogP contribution in [0.2, 0.25) is 0 Å². The van der Waals surface area contributed by atoms with Crippen LogP contribution < -0.4 is 0 Å². The molecule has 4 rings (SSSR count). The van der Waals surface area contributed by atoms with Gasteiger partial charge in [-0.05, 0) is 55.9 Å². The fourth-order valence-corrected chi connectivity index (χ4v) is 4.09. The van der Waals surface area contributed by atoms with Crippen LogP contribution in [-0.4, -0.2) is 60.5 Å². The first-order valence-corrected chi connectivity index (χ1v) is 11.0. The first kappa shape index (κ1) is 21.5. The number of carbonyl (C=O) groups excluding carboxylic acids is 1. The van der Waals surface area contributed by atoms with Crippen molar-refractivity contribution >= 4 is 5.91 Å². The number of rotatable bonds is 7. The van der Waals surface area contributed by atoms with Gasteiger partial charge in [-0.2, -0.15) is 10.2 Å². The Morgan fingerprint density at radius 3 is 2.81 bits per heavy atom. The molecule has 1 amide bonds. The highest BCUT2D eigenvalue weighted by Crippen LogP contribution is 2.27. The lowest BCUT2D eigenvalue weighted by Gasteiger charge is -2.31. The highest BCUT2D eigenvalue weighted by atomic mass is 16.5. The summed E-state index contributed by atoms with van der Waals surface area (Å²) >= 11 is 0. The van der Waals surface area contributed by atoms with E-state index in [1.54, 1.807) is 24.3 Å². The summed E-state index contributed by atoms with van der Waals surface area (Å²) in [7, 11) is 0. The van der Waals surface area contributed by atoms with Gasteiger partial charge in [0.15, 0.2) is 5.82 Å². The van der Waals surface area contributed by atoms with E-state index in [2.05, 4.69) is 16.2 Å². The van der Waals surface area contributed by atoms with E-state index in [-0.39, 0.29) is 11.8 Å². The van der Waals surface area contributed by atoms with Crippen molar-refractivity contribution in [2.45, 2.75) is 38.0 Å². The number of carbonyl (C=O) groups is 1. The lowest BCUT2D eigenvalue weighted by molar-refractivity contribution is 0.0211. The molecule has 0 aliphatic carbocycles. The van der Waals surface area contributed by atoms with E-state index in [0.717, 1.165) is 45.5 Å². The zero-order valence-corrected chi connectivity index (χ0v) is 17.7. The van der Waals surface area contributed by atoms with Crippen molar-refractivity contribution in [3.8, 4) is 6.07 Å². The van der Waals surface area contributed by atoms with Crippen LogP contribution in [-0.2, 0) is 15.9 Å². The molecule has 3 heterocycles. The van der Waals surface area contributed by atoms with Crippen LogP contribution in [0.15, 0.2) is 28.8 Å². The number of benzene rings is 1. The predicted octanol–water partition coefficient (Wildman–Crippen LogP) is 2.95. The molecule has 1 aromatic carbocycles. The van der Waals surface area contributed by atoms with E-state index >= 15 is 0 Å². The van der Waals surface area contributed by atoms with Crippen molar-refractivity contribution in [1.82, 2.24) is 15.0 Å². The van der Waals surface area contributed by atoms with Crippen LogP contribution in [0.3, 0.4) is 0 Å². The SMILES string of the molecule is N#Cc1ccc(C(=O)N2CCCC(c3nc(CCOCC4CCOCC4)no3)C2)cc1. The monoisotopic (exact) mass is 424 g/mol. The van der Waals surface area contributed by atoms with Crippen LogP contribution in [0.1, 0.15) is 59.2 Å². The highest BCUT2D eigenvalue weighted by molar-refractivity contribution is 5.94. The molecule has 2 aromatic rings. The molecule has 0 N–H and O–H groups in total. The summed E-state index contributed by atoms with van der Waals surface area (Å²) in [6.07, 6.45) is 4.54. The van der Waals surface area contributed by atoms with Crippen LogP contribution in [0, 0.1) is 17.2 Å². The maximum atomic E-state index is 12.8. The predicted molar refractivity (Wildman–Crippen MR) is 111 cm³/mol. The average Bonchev–Trinajstić information content (AvgIpc) is 3.31. The molecule has 2 saturated heterocycles. The van der Waals surface area contributed by atoms with Crippen LogP contribution in [0.25, 0.3) is 0 Å². The maximum Gasteiger partial charge on any atom is 0.253 e. The minimum atomic E-state index is -0.0320. The molecule has 0 spiro atoms. The van der Waals surface area contributed by atoms with Gasteiger partial charge in [-0.15, -0.1) is 0 Å². The summed E-state index contributed by atoms with van der Waals surface area (Å²) in [4.78, 5) is 19.2. The average molecular weight is 425 g/mol. The van der Waals surface area contributed by atoms with Crippen molar-refractivity contribution in [2.24, 2.45) is 5.92 Å². The van der Waals surface area contributed by atoms with Gasteiger partial charge in [0.2, 0.25) is 5.89 Å². The number of likely N-dealkylation sites (tertiary alicyclic amines) is 1. The van der Waals surface area contributed by atoms with E-state index in [0.29, 0.717) is 54.9 Å². The number of nitriles is 1. The minimum absolute atomic E-state index is 0.0320. The molecular weight excluding hydrogens is 396 g/mol. The standard InChI is InChI=1S/C23H28N4O4/c24-14-17-3-5-19(6-4-17)23(28)27-10-1-2-20(15-27)22-25-21(26-31-22)9-13-30-16-18-7-11-29-12-8-18/h3-6,18,20H,1-2,7-13,15-16H2. The Labute approximate surface area is 182 Å². The largest absolute Gasteiger partial charge is 0.381 e. The van der Waals surface area contributed by atoms with Crippen LogP contribution >= 0.6 is 0 Å². The Bertz CT molecular complexity index is 899. The van der Waals surface area contributed by atoms with Gasteiger partial charge in [-0.1, -0.05) is 5.16 Å². The van der Waals surface area contributed by atoms with Crippen molar-refractivity contribution in [2.75, 3.05) is 39.5 Å². The molecule has 2 aliphatic heterocycles. The molecule has 1 atom stereocenters. The Morgan fingerprint density at radius 1 is 1.23 bits per heavy atom. The second-order valence-electron chi connectivity index (χ2n) is 8.21. The summed E-state index contributed by atoms with van der Waals surface area (Å²) in [5.41, 5.74) is 1.13. The number of hydrogen-bond donors (Lipinski definition) is 0. The van der Waals surface area contributed by atoms with Gasteiger partial charge < -0.3 is 18.9 Å². The Balaban J connectivity index is 1.27. The molecule has 2 aliphatic rings. The third kappa shape index (κ3) is 5.69. The highest BCUT2D eigenvalue weighted by Gasteiger charge is 2.29. The quantitative estimate of drug-likeness (QED) is 0.630. The topological polar surface area (TPSA) is 101 Å². The Kier molecular flexibility index (Phi) is 7.28. The third-order valence-electron chi connectivity index (χ3n) is 5.97. The molecule has 8 heteroatoms. The molecule has 1 unspecified atom stereocenters. The summed E-state index contributed by atoms with van der Waals surface area (Å²) in [5.74, 6) is 1.83. The van der Waals surface area contributed by atoms with Crippen LogP contribution in [0.4, 0.5) is 0 Å². The zero-order valence-electron chi connectivity index (χ0n) is 17.7. The first-order valence-electron chi connectivity index (χ1n) is 11.0. The number of aromatic nitrogens is 2. The molecule has 31 heavy (non-hydrogen) atoms. The van der Waals surface area contributed by atoms with Crippen LogP contribution in [0.5, 0.6) is 0 Å². The smallest absolute Gasteiger partial charge is 0.253 e. The number of ether oxygens (including phenoxy) is 2. The van der Waals surface area contributed by atoms with E-state index in [4.69, 9.17) is 19.3 Å². The fourth-order valence-electron chi connectivity index (χ4n) is 4.09. The first-order chi connectivity index (χ1) is 15.2. The number of nitrogens with zero attached hydrogens (tertiary/aromatic N) is 4. The Morgan fingerprint density at radius 2 is 2.03 bits per heavy atom. The van der Waals surface area contributed by atoms with Crippen molar-refractivity contribution < 1.29 is 18.8 Å². The van der Waals surface area contributed by atoms with Gasteiger partial charge in [-0.25, -0.2) is 0 Å². The summed E-state index contributed by atoms with van der Waals surface area (Å²) in [6.45, 7) is 4.24. The third-order valence-corrected chi connectivity index (χ3v) is 5.97. The lowest BCUT2D eigenvalue weighted by Crippen LogP contribution is -2.39. The zero-order chi connectivity index (χ0) is 21.5. The number of hydrogen-bond acceptors (Lipinski definition) is 7. The van der Waals surface area contributed by atoms with E-state index in [9.17, 15) is 4.79 Å². The number of piperidine rings is 1. The maximum absolute atomic E-state index is 12.8. The molecule has 8 nitrogen and oxygen atoms in total. The van der Waals surface area contributed by atoms with Gasteiger partial charge >= 0.3 is 0 Å². The van der Waals surface area contributed by atoms with Gasteiger partial charge in [0.1, 0.15) is 0 Å². The minimum Gasteiger partial charge on any atom is -0.381 e. The fraction of sp³-hybridized carbons (Fsp3) is 0.565. The summed E-state index contributed by atoms with van der Waals surface area (Å²) in [6, 6.07) is 8.82. The van der Waals surface area contributed by atoms with Crippen molar-refractivity contribution in [1.29, 1.82) is 5.26 Å². The Hall–Kier alpha value is -2.76. The molecule has 2 fully saturated rings. The normalized spacial score (nSPS) is 19.8. The molecular formula is C23H28N4O4.